The summed E-state index contributed by atoms with van der Waals surface area (Å²) in [6, 6.07) is 10.6. The quantitative estimate of drug-likeness (QED) is 0.735. The zero-order chi connectivity index (χ0) is 15.4. The van der Waals surface area contributed by atoms with Gasteiger partial charge in [0.05, 0.1) is 13.2 Å². The summed E-state index contributed by atoms with van der Waals surface area (Å²) < 4.78 is 20.5. The van der Waals surface area contributed by atoms with Crippen LogP contribution in [0.5, 0.6) is 5.75 Å². The Kier molecular flexibility index (Phi) is 5.79. The van der Waals surface area contributed by atoms with E-state index in [1.165, 1.54) is 6.07 Å². The number of rotatable bonds is 5. The first kappa shape index (κ1) is 16.5. The average Bonchev–Trinajstić information content (AvgIpc) is 2.44. The Hall–Kier alpha value is -0.910. The Balaban J connectivity index is 2.47. The lowest BCUT2D eigenvalue weighted by atomic mass is 9.98. The summed E-state index contributed by atoms with van der Waals surface area (Å²) in [6.07, 6.45) is 0. The highest BCUT2D eigenvalue weighted by atomic mass is 79.9. The van der Waals surface area contributed by atoms with Crippen molar-refractivity contribution in [3.63, 3.8) is 0 Å². The van der Waals surface area contributed by atoms with Crippen molar-refractivity contribution in [3.8, 4) is 5.75 Å². The van der Waals surface area contributed by atoms with Crippen LogP contribution in [0.15, 0.2) is 45.3 Å². The first-order valence-corrected chi connectivity index (χ1v) is 8.16. The Morgan fingerprint density at radius 2 is 1.95 bits per heavy atom. The number of halogens is 3. The van der Waals surface area contributed by atoms with Crippen LogP contribution >= 0.6 is 31.9 Å². The van der Waals surface area contributed by atoms with E-state index in [-0.39, 0.29) is 11.9 Å². The summed E-state index contributed by atoms with van der Waals surface area (Å²) in [5.41, 5.74) is 1.91. The van der Waals surface area contributed by atoms with Crippen LogP contribution in [0.4, 0.5) is 4.39 Å². The summed E-state index contributed by atoms with van der Waals surface area (Å²) in [6.45, 7) is 2.80. The molecule has 2 aromatic carbocycles. The molecule has 0 amide bonds. The van der Waals surface area contributed by atoms with E-state index in [1.807, 2.05) is 31.2 Å². The molecule has 0 aliphatic heterocycles. The molecule has 0 aliphatic rings. The summed E-state index contributed by atoms with van der Waals surface area (Å²) >= 11 is 6.91. The van der Waals surface area contributed by atoms with Crippen LogP contribution in [0.3, 0.4) is 0 Å². The third-order valence-corrected chi connectivity index (χ3v) is 4.29. The van der Waals surface area contributed by atoms with Gasteiger partial charge in [-0.05, 0) is 48.0 Å². The molecular weight excluding hydrogens is 401 g/mol. The van der Waals surface area contributed by atoms with Gasteiger partial charge in [0.2, 0.25) is 0 Å². The van der Waals surface area contributed by atoms with Gasteiger partial charge in [-0.25, -0.2) is 4.39 Å². The monoisotopic (exact) mass is 415 g/mol. The van der Waals surface area contributed by atoms with Crippen LogP contribution in [0.1, 0.15) is 24.1 Å². The van der Waals surface area contributed by atoms with E-state index >= 15 is 0 Å². The standard InChI is InChI=1S/C16H16Br2FNO/c1-3-20-16(10-6-11(17)8-12(19)7-10)14-5-4-13(21-2)9-15(14)18/h4-9,16,20H,3H2,1-2H3. The predicted molar refractivity (Wildman–Crippen MR) is 90.3 cm³/mol. The summed E-state index contributed by atoms with van der Waals surface area (Å²) in [7, 11) is 1.63. The lowest BCUT2D eigenvalue weighted by Crippen LogP contribution is -2.22. The van der Waals surface area contributed by atoms with Gasteiger partial charge in [-0.1, -0.05) is 44.8 Å². The molecule has 0 heterocycles. The van der Waals surface area contributed by atoms with Crippen molar-refractivity contribution < 1.29 is 9.13 Å². The fraction of sp³-hybridized carbons (Fsp3) is 0.250. The molecule has 0 saturated carbocycles. The molecule has 5 heteroatoms. The molecule has 1 N–H and O–H groups in total. The van der Waals surface area contributed by atoms with Crippen molar-refractivity contribution in [2.75, 3.05) is 13.7 Å². The van der Waals surface area contributed by atoms with Gasteiger partial charge in [-0.15, -0.1) is 0 Å². The minimum absolute atomic E-state index is 0.0951. The molecule has 0 radical (unpaired) electrons. The highest BCUT2D eigenvalue weighted by molar-refractivity contribution is 9.10. The highest BCUT2D eigenvalue weighted by Crippen LogP contribution is 2.32. The number of ether oxygens (including phenoxy) is 1. The topological polar surface area (TPSA) is 21.3 Å². The lowest BCUT2D eigenvalue weighted by Gasteiger charge is -2.21. The van der Waals surface area contributed by atoms with E-state index in [1.54, 1.807) is 13.2 Å². The smallest absolute Gasteiger partial charge is 0.124 e. The van der Waals surface area contributed by atoms with Gasteiger partial charge in [-0.3, -0.25) is 0 Å². The average molecular weight is 417 g/mol. The van der Waals surface area contributed by atoms with Crippen LogP contribution in [0.25, 0.3) is 0 Å². The fourth-order valence-corrected chi connectivity index (χ4v) is 3.29. The second-order valence-corrected chi connectivity index (χ2v) is 6.35. The molecule has 21 heavy (non-hydrogen) atoms. The summed E-state index contributed by atoms with van der Waals surface area (Å²) in [4.78, 5) is 0. The van der Waals surface area contributed by atoms with E-state index in [4.69, 9.17) is 4.74 Å². The third kappa shape index (κ3) is 4.05. The maximum absolute atomic E-state index is 13.7. The van der Waals surface area contributed by atoms with E-state index in [0.29, 0.717) is 0 Å². The highest BCUT2D eigenvalue weighted by Gasteiger charge is 2.17. The summed E-state index contributed by atoms with van der Waals surface area (Å²) in [5.74, 6) is 0.521. The van der Waals surface area contributed by atoms with Crippen molar-refractivity contribution in [2.24, 2.45) is 0 Å². The molecule has 112 valence electrons. The molecule has 0 aliphatic carbocycles. The van der Waals surface area contributed by atoms with Gasteiger partial charge in [-0.2, -0.15) is 0 Å². The van der Waals surface area contributed by atoms with Gasteiger partial charge in [0.15, 0.2) is 0 Å². The van der Waals surface area contributed by atoms with Crippen molar-refractivity contribution in [1.82, 2.24) is 5.32 Å². The van der Waals surface area contributed by atoms with E-state index < -0.39 is 0 Å². The molecule has 0 aromatic heterocycles. The third-order valence-electron chi connectivity index (χ3n) is 3.15. The molecule has 0 bridgehead atoms. The lowest BCUT2D eigenvalue weighted by molar-refractivity contribution is 0.414. The SMILES string of the molecule is CCNC(c1cc(F)cc(Br)c1)c1ccc(OC)cc1Br. The van der Waals surface area contributed by atoms with Crippen molar-refractivity contribution in [1.29, 1.82) is 0 Å². The number of hydrogen-bond acceptors (Lipinski definition) is 2. The molecule has 1 unspecified atom stereocenters. The van der Waals surface area contributed by atoms with Crippen molar-refractivity contribution >= 4 is 31.9 Å². The molecule has 2 rings (SSSR count). The number of hydrogen-bond donors (Lipinski definition) is 1. The molecule has 2 aromatic rings. The van der Waals surface area contributed by atoms with Crippen LogP contribution in [-0.4, -0.2) is 13.7 Å². The maximum atomic E-state index is 13.7. The Morgan fingerprint density at radius 1 is 1.19 bits per heavy atom. The molecule has 1 atom stereocenters. The van der Waals surface area contributed by atoms with Crippen molar-refractivity contribution in [3.05, 3.63) is 62.3 Å². The number of methoxy groups -OCH3 is 1. The van der Waals surface area contributed by atoms with Crippen LogP contribution in [0.2, 0.25) is 0 Å². The van der Waals surface area contributed by atoms with Crippen LogP contribution < -0.4 is 10.1 Å². The van der Waals surface area contributed by atoms with Gasteiger partial charge >= 0.3 is 0 Å². The minimum Gasteiger partial charge on any atom is -0.497 e. The Labute approximate surface area is 141 Å². The van der Waals surface area contributed by atoms with Crippen LogP contribution in [-0.2, 0) is 0 Å². The normalized spacial score (nSPS) is 12.2. The molecule has 0 fully saturated rings. The fourth-order valence-electron chi connectivity index (χ4n) is 2.22. The van der Waals surface area contributed by atoms with Gasteiger partial charge in [0.25, 0.3) is 0 Å². The Bertz CT molecular complexity index is 613. The number of nitrogens with one attached hydrogen (secondary N) is 1. The van der Waals surface area contributed by atoms with Gasteiger partial charge in [0, 0.05) is 8.95 Å². The van der Waals surface area contributed by atoms with E-state index in [9.17, 15) is 4.39 Å². The zero-order valence-electron chi connectivity index (χ0n) is 11.8. The predicted octanol–water partition coefficient (Wildman–Crippen LogP) is 5.06. The second kappa shape index (κ2) is 7.38. The second-order valence-electron chi connectivity index (χ2n) is 4.58. The maximum Gasteiger partial charge on any atom is 0.124 e. The number of benzene rings is 2. The Morgan fingerprint density at radius 3 is 2.52 bits per heavy atom. The molecular formula is C16H16Br2FNO. The zero-order valence-corrected chi connectivity index (χ0v) is 15.0. The van der Waals surface area contributed by atoms with Crippen LogP contribution in [0, 0.1) is 5.82 Å². The molecule has 0 saturated heterocycles. The summed E-state index contributed by atoms with van der Waals surface area (Å²) in [5, 5.41) is 3.39. The van der Waals surface area contributed by atoms with Gasteiger partial charge in [0.1, 0.15) is 11.6 Å². The largest absolute Gasteiger partial charge is 0.497 e. The van der Waals surface area contributed by atoms with Gasteiger partial charge < -0.3 is 10.1 Å². The first-order chi connectivity index (χ1) is 10.0. The minimum atomic E-state index is -0.257. The molecule has 2 nitrogen and oxygen atoms in total. The van der Waals surface area contributed by atoms with E-state index in [0.717, 1.165) is 32.4 Å². The first-order valence-electron chi connectivity index (χ1n) is 6.58. The van der Waals surface area contributed by atoms with Crippen molar-refractivity contribution in [2.45, 2.75) is 13.0 Å². The molecule has 0 spiro atoms. The van der Waals surface area contributed by atoms with E-state index in [2.05, 4.69) is 37.2 Å².